The highest BCUT2D eigenvalue weighted by Gasteiger charge is 2.62. The van der Waals surface area contributed by atoms with Crippen LogP contribution in [-0.4, -0.2) is 23.6 Å². The highest BCUT2D eigenvalue weighted by Crippen LogP contribution is 2.53. The molecule has 2 amide bonds. The molecule has 0 radical (unpaired) electrons. The van der Waals surface area contributed by atoms with Crippen LogP contribution in [0, 0.1) is 5.92 Å². The minimum absolute atomic E-state index is 0.0672. The average molecular weight is 431 g/mol. The van der Waals surface area contributed by atoms with Gasteiger partial charge in [0.1, 0.15) is 11.5 Å². The van der Waals surface area contributed by atoms with E-state index in [-0.39, 0.29) is 29.9 Å². The number of rotatable bonds is 3. The number of fused-ring (bicyclic) bond motifs is 2. The summed E-state index contributed by atoms with van der Waals surface area (Å²) < 4.78 is 0. The van der Waals surface area contributed by atoms with E-state index in [1.807, 2.05) is 6.07 Å². The fourth-order valence-electron chi connectivity index (χ4n) is 4.58. The second kappa shape index (κ2) is 7.15. The van der Waals surface area contributed by atoms with Crippen LogP contribution in [0.5, 0.6) is 0 Å². The Morgan fingerprint density at radius 1 is 1.10 bits per heavy atom. The first kappa shape index (κ1) is 19.9. The summed E-state index contributed by atoms with van der Waals surface area (Å²) in [6.07, 6.45) is 0.0672. The monoisotopic (exact) mass is 430 g/mol. The molecule has 3 atom stereocenters. The van der Waals surface area contributed by atoms with E-state index in [1.165, 1.54) is 0 Å². The van der Waals surface area contributed by atoms with Crippen LogP contribution in [0.25, 0.3) is 0 Å². The van der Waals surface area contributed by atoms with E-state index in [1.54, 1.807) is 50.2 Å². The number of hydrogen-bond donors (Lipinski definition) is 2. The summed E-state index contributed by atoms with van der Waals surface area (Å²) in [7, 11) is 0. The summed E-state index contributed by atoms with van der Waals surface area (Å²) in [5.74, 6) is -1.69. The standard InChI is InChI=1S/C22H20Cl2N2O3/c1-11(2)19(28)20-22(15-7-6-14(24)9-17(15)25-21(22)29)16(10-18(27)26-20)12-4-3-5-13(23)8-12/h3-9,11,16,20H,10H2,1-2H3,(H,25,29)(H,26,27). The van der Waals surface area contributed by atoms with Gasteiger partial charge < -0.3 is 10.6 Å². The molecule has 7 heteroatoms. The van der Waals surface area contributed by atoms with Crippen molar-refractivity contribution in [3.63, 3.8) is 0 Å². The van der Waals surface area contributed by atoms with Gasteiger partial charge in [0.2, 0.25) is 11.8 Å². The quantitative estimate of drug-likeness (QED) is 0.769. The molecule has 2 aliphatic rings. The van der Waals surface area contributed by atoms with E-state index >= 15 is 0 Å². The van der Waals surface area contributed by atoms with Crippen LogP contribution in [0.4, 0.5) is 5.69 Å². The number of halogens is 2. The van der Waals surface area contributed by atoms with Crippen LogP contribution in [-0.2, 0) is 19.8 Å². The Labute approximate surface area is 178 Å². The van der Waals surface area contributed by atoms with Crippen molar-refractivity contribution in [2.75, 3.05) is 5.32 Å². The van der Waals surface area contributed by atoms with Crippen molar-refractivity contribution < 1.29 is 14.4 Å². The summed E-state index contributed by atoms with van der Waals surface area (Å²) in [6.45, 7) is 3.53. The lowest BCUT2D eigenvalue weighted by Gasteiger charge is -2.45. The van der Waals surface area contributed by atoms with Crippen molar-refractivity contribution >= 4 is 46.5 Å². The Kier molecular flexibility index (Phi) is 4.91. The summed E-state index contributed by atoms with van der Waals surface area (Å²) in [5, 5.41) is 6.69. The van der Waals surface area contributed by atoms with Gasteiger partial charge >= 0.3 is 0 Å². The lowest BCUT2D eigenvalue weighted by Crippen LogP contribution is -2.65. The zero-order chi connectivity index (χ0) is 20.9. The van der Waals surface area contributed by atoms with Gasteiger partial charge in [0, 0.05) is 34.0 Å². The van der Waals surface area contributed by atoms with Crippen molar-refractivity contribution in [1.82, 2.24) is 5.32 Å². The molecule has 0 aliphatic carbocycles. The van der Waals surface area contributed by atoms with Crippen molar-refractivity contribution in [2.24, 2.45) is 5.92 Å². The van der Waals surface area contributed by atoms with Crippen LogP contribution < -0.4 is 10.6 Å². The van der Waals surface area contributed by atoms with Crippen molar-refractivity contribution in [1.29, 1.82) is 0 Å². The molecular formula is C22H20Cl2N2O3. The van der Waals surface area contributed by atoms with Gasteiger partial charge in [0.15, 0.2) is 5.78 Å². The number of anilines is 1. The molecule has 29 heavy (non-hydrogen) atoms. The number of carbonyl (C=O) groups is 3. The van der Waals surface area contributed by atoms with E-state index in [0.29, 0.717) is 21.3 Å². The second-order valence-corrected chi connectivity index (χ2v) is 8.76. The van der Waals surface area contributed by atoms with Crippen LogP contribution in [0.1, 0.15) is 37.3 Å². The normalized spacial score (nSPS) is 25.7. The third kappa shape index (κ3) is 3.04. The number of hydrogen-bond acceptors (Lipinski definition) is 3. The molecule has 0 aromatic heterocycles. The first-order valence-corrected chi connectivity index (χ1v) is 10.2. The zero-order valence-corrected chi connectivity index (χ0v) is 17.5. The van der Waals surface area contributed by atoms with Gasteiger partial charge in [-0.15, -0.1) is 0 Å². The number of amides is 2. The first-order valence-electron chi connectivity index (χ1n) is 9.45. The van der Waals surface area contributed by atoms with Gasteiger partial charge in [-0.1, -0.05) is 55.2 Å². The zero-order valence-electron chi connectivity index (χ0n) is 16.0. The fourth-order valence-corrected chi connectivity index (χ4v) is 4.95. The number of piperidine rings is 1. The van der Waals surface area contributed by atoms with E-state index in [4.69, 9.17) is 23.2 Å². The van der Waals surface area contributed by atoms with Gasteiger partial charge in [-0.2, -0.15) is 0 Å². The lowest BCUT2D eigenvalue weighted by atomic mass is 9.59. The summed E-state index contributed by atoms with van der Waals surface area (Å²) in [5.41, 5.74) is 0.690. The predicted octanol–water partition coefficient (Wildman–Crippen LogP) is 4.08. The summed E-state index contributed by atoms with van der Waals surface area (Å²) >= 11 is 12.4. The molecule has 0 bridgehead atoms. The molecule has 3 unspecified atom stereocenters. The SMILES string of the molecule is CC(C)C(=O)C1NC(=O)CC(c2cccc(Cl)c2)C12C(=O)Nc1cc(Cl)ccc12. The summed E-state index contributed by atoms with van der Waals surface area (Å²) in [6, 6.07) is 11.3. The Morgan fingerprint density at radius 2 is 1.83 bits per heavy atom. The third-order valence-corrected chi connectivity index (χ3v) is 6.33. The maximum absolute atomic E-state index is 13.5. The number of carbonyl (C=O) groups excluding carboxylic acids is 3. The molecular weight excluding hydrogens is 411 g/mol. The van der Waals surface area contributed by atoms with Crippen LogP contribution in [0.3, 0.4) is 0 Å². The Hall–Kier alpha value is -2.37. The molecule has 150 valence electrons. The van der Waals surface area contributed by atoms with Gasteiger partial charge in [0.05, 0.1) is 0 Å². The molecule has 2 aromatic rings. The Bertz CT molecular complexity index is 1040. The largest absolute Gasteiger partial charge is 0.345 e. The number of benzene rings is 2. The smallest absolute Gasteiger partial charge is 0.238 e. The maximum Gasteiger partial charge on any atom is 0.238 e. The highest BCUT2D eigenvalue weighted by atomic mass is 35.5. The molecule has 4 rings (SSSR count). The minimum Gasteiger partial charge on any atom is -0.345 e. The third-order valence-electron chi connectivity index (χ3n) is 5.86. The topological polar surface area (TPSA) is 75.3 Å². The second-order valence-electron chi connectivity index (χ2n) is 7.88. The lowest BCUT2D eigenvalue weighted by molar-refractivity contribution is -0.140. The fraction of sp³-hybridized carbons (Fsp3) is 0.318. The minimum atomic E-state index is -1.28. The molecule has 1 saturated heterocycles. The molecule has 2 N–H and O–H groups in total. The van der Waals surface area contributed by atoms with Gasteiger partial charge in [-0.05, 0) is 35.4 Å². The molecule has 2 aliphatic heterocycles. The molecule has 1 spiro atoms. The molecule has 5 nitrogen and oxygen atoms in total. The van der Waals surface area contributed by atoms with Crippen molar-refractivity contribution in [3.05, 3.63) is 63.6 Å². The van der Waals surface area contributed by atoms with Gasteiger partial charge in [0.25, 0.3) is 0 Å². The van der Waals surface area contributed by atoms with E-state index in [0.717, 1.165) is 5.56 Å². The molecule has 2 aromatic carbocycles. The Balaban J connectivity index is 2.01. The Morgan fingerprint density at radius 3 is 2.52 bits per heavy atom. The predicted molar refractivity (Wildman–Crippen MR) is 112 cm³/mol. The summed E-state index contributed by atoms with van der Waals surface area (Å²) in [4.78, 5) is 39.4. The average Bonchev–Trinajstić information content (AvgIpc) is 2.94. The van der Waals surface area contributed by atoms with Crippen LogP contribution >= 0.6 is 23.2 Å². The molecule has 1 fully saturated rings. The number of ketones is 1. The van der Waals surface area contributed by atoms with E-state index in [2.05, 4.69) is 10.6 Å². The number of Topliss-reactive ketones (excluding diaryl/α,β-unsaturated/α-hetero) is 1. The molecule has 0 saturated carbocycles. The van der Waals surface area contributed by atoms with Gasteiger partial charge in [-0.25, -0.2) is 0 Å². The van der Waals surface area contributed by atoms with Gasteiger partial charge in [-0.3, -0.25) is 14.4 Å². The maximum atomic E-state index is 13.5. The first-order chi connectivity index (χ1) is 13.7. The number of nitrogens with one attached hydrogen (secondary N) is 2. The van der Waals surface area contributed by atoms with Crippen molar-refractivity contribution in [2.45, 2.75) is 37.6 Å². The van der Waals surface area contributed by atoms with Crippen LogP contribution in [0.15, 0.2) is 42.5 Å². The van der Waals surface area contributed by atoms with E-state index in [9.17, 15) is 14.4 Å². The highest BCUT2D eigenvalue weighted by molar-refractivity contribution is 6.31. The van der Waals surface area contributed by atoms with Crippen LogP contribution in [0.2, 0.25) is 10.0 Å². The molecule has 2 heterocycles. The van der Waals surface area contributed by atoms with Crippen molar-refractivity contribution in [3.8, 4) is 0 Å². The van der Waals surface area contributed by atoms with E-state index < -0.39 is 17.4 Å².